The number of rotatable bonds is 4. The first kappa shape index (κ1) is 29.4. The van der Waals surface area contributed by atoms with Gasteiger partial charge in [0.25, 0.3) is 0 Å². The van der Waals surface area contributed by atoms with Crippen molar-refractivity contribution in [3.05, 3.63) is 197 Å². The molecule has 0 radical (unpaired) electrons. The zero-order valence-corrected chi connectivity index (χ0v) is 27.9. The number of nitrogens with one attached hydrogen (secondary N) is 2. The van der Waals surface area contributed by atoms with Gasteiger partial charge in [0.15, 0.2) is 5.79 Å². The molecule has 1 spiro atoms. The van der Waals surface area contributed by atoms with E-state index < -0.39 is 5.79 Å². The Hall–Kier alpha value is -5.55. The van der Waals surface area contributed by atoms with Crippen molar-refractivity contribution < 1.29 is 0 Å². The Balaban J connectivity index is 1.38. The summed E-state index contributed by atoms with van der Waals surface area (Å²) < 4.78 is 2.55. The quantitative estimate of drug-likeness (QED) is 0.200. The number of benzene rings is 6. The molecule has 1 fully saturated rings. The van der Waals surface area contributed by atoms with Crippen molar-refractivity contribution in [3.63, 3.8) is 0 Å². The van der Waals surface area contributed by atoms with Crippen molar-refractivity contribution in [2.24, 2.45) is 0 Å². The smallest absolute Gasteiger partial charge is 0.180 e. The number of aromatic nitrogens is 2. The summed E-state index contributed by atoms with van der Waals surface area (Å²) in [5.74, 6) is 0.148. The highest BCUT2D eigenvalue weighted by molar-refractivity contribution is 5.83. The molecule has 50 heavy (non-hydrogen) atoms. The number of nitrogens with zero attached hydrogens (tertiary/aromatic N) is 2. The summed E-state index contributed by atoms with van der Waals surface area (Å²) >= 11 is 0. The third kappa shape index (κ3) is 4.71. The molecule has 3 aliphatic heterocycles. The Kier molecular flexibility index (Phi) is 6.93. The average molecular weight is 647 g/mol. The van der Waals surface area contributed by atoms with E-state index in [1.54, 1.807) is 0 Å². The Labute approximate surface area is 293 Å². The number of imidazole rings is 1. The van der Waals surface area contributed by atoms with Gasteiger partial charge in [-0.1, -0.05) is 152 Å². The van der Waals surface area contributed by atoms with Crippen LogP contribution in [-0.4, -0.2) is 9.55 Å². The van der Waals surface area contributed by atoms with E-state index in [0.717, 1.165) is 54.0 Å². The lowest BCUT2D eigenvalue weighted by Crippen LogP contribution is -2.54. The van der Waals surface area contributed by atoms with Crippen LogP contribution >= 0.6 is 0 Å². The first-order valence-electron chi connectivity index (χ1n) is 17.9. The predicted octanol–water partition coefficient (Wildman–Crippen LogP) is 9.42. The highest BCUT2D eigenvalue weighted by Crippen LogP contribution is 2.49. The summed E-state index contributed by atoms with van der Waals surface area (Å²) in [6.07, 6.45) is 3.85. The molecule has 0 saturated carbocycles. The maximum Gasteiger partial charge on any atom is 0.180 e. The summed E-state index contributed by atoms with van der Waals surface area (Å²) in [4.78, 5) is 5.74. The van der Waals surface area contributed by atoms with Crippen LogP contribution in [0.2, 0.25) is 0 Å². The summed E-state index contributed by atoms with van der Waals surface area (Å²) in [5.41, 5.74) is 14.7. The highest BCUT2D eigenvalue weighted by atomic mass is 15.5. The van der Waals surface area contributed by atoms with E-state index in [-0.39, 0.29) is 12.1 Å². The highest BCUT2D eigenvalue weighted by Gasteiger charge is 2.52. The lowest BCUT2D eigenvalue weighted by molar-refractivity contribution is 0.270. The largest absolute Gasteiger partial charge is 0.287 e. The van der Waals surface area contributed by atoms with Gasteiger partial charge in [-0.05, 0) is 65.1 Å². The molecule has 2 unspecified atom stereocenters. The van der Waals surface area contributed by atoms with Crippen molar-refractivity contribution >= 4 is 0 Å². The van der Waals surface area contributed by atoms with Gasteiger partial charge in [0, 0.05) is 22.3 Å². The minimum absolute atomic E-state index is 0.0224. The van der Waals surface area contributed by atoms with Crippen LogP contribution in [0.15, 0.2) is 158 Å². The standard InChI is InChI=1S/C46H38N4/c1-5-13-35(14-6-1)41-42(36-15-7-2-8-16-36)49-46(48-41)40-30-32-22-21-31-23-25-33(27-28-34(40)26-24-32)39(29-31)45-47-43(37-17-9-3-10-18-37)44(50(45)46)38-19-11-4-12-20-38/h1-20,23-26,29-30,41-42,48-49H,21-22,27-28H2. The molecule has 1 saturated heterocycles. The molecular weight excluding hydrogens is 609 g/mol. The second-order valence-corrected chi connectivity index (χ2v) is 14.0. The zero-order chi connectivity index (χ0) is 33.1. The van der Waals surface area contributed by atoms with E-state index in [4.69, 9.17) is 4.98 Å². The third-order valence-corrected chi connectivity index (χ3v) is 11.0. The molecule has 2 atom stereocenters. The fourth-order valence-electron chi connectivity index (χ4n) is 8.62. The van der Waals surface area contributed by atoms with Gasteiger partial charge >= 0.3 is 0 Å². The summed E-state index contributed by atoms with van der Waals surface area (Å²) in [6, 6.07) is 57.9. The molecule has 2 N–H and O–H groups in total. The van der Waals surface area contributed by atoms with Crippen molar-refractivity contribution in [2.45, 2.75) is 43.6 Å². The van der Waals surface area contributed by atoms with Crippen LogP contribution in [0.25, 0.3) is 33.9 Å². The number of fused-ring (bicyclic) bond motifs is 2. The second kappa shape index (κ2) is 11.8. The van der Waals surface area contributed by atoms with Crippen molar-refractivity contribution in [3.8, 4) is 33.9 Å². The summed E-state index contributed by atoms with van der Waals surface area (Å²) in [6.45, 7) is 0. The Bertz CT molecular complexity index is 2280. The first-order valence-corrected chi connectivity index (χ1v) is 17.9. The van der Waals surface area contributed by atoms with Crippen LogP contribution in [0.3, 0.4) is 0 Å². The monoisotopic (exact) mass is 646 g/mol. The lowest BCUT2D eigenvalue weighted by Gasteiger charge is -2.37. The van der Waals surface area contributed by atoms with Gasteiger partial charge in [-0.25, -0.2) is 4.98 Å². The number of hydrogen-bond acceptors (Lipinski definition) is 3. The normalized spacial score (nSPS) is 20.4. The molecule has 0 aliphatic carbocycles. The molecule has 10 rings (SSSR count). The van der Waals surface area contributed by atoms with Crippen molar-refractivity contribution in [1.82, 2.24) is 20.2 Å². The maximum absolute atomic E-state index is 5.74. The fourth-order valence-corrected chi connectivity index (χ4v) is 8.62. The minimum atomic E-state index is -0.838. The molecule has 4 bridgehead atoms. The van der Waals surface area contributed by atoms with Gasteiger partial charge < -0.3 is 0 Å². The van der Waals surface area contributed by atoms with E-state index in [1.165, 1.54) is 44.5 Å². The third-order valence-electron chi connectivity index (χ3n) is 11.0. The second-order valence-electron chi connectivity index (χ2n) is 14.0. The number of hydrogen-bond donors (Lipinski definition) is 2. The fraction of sp³-hybridized carbons (Fsp3) is 0.152. The van der Waals surface area contributed by atoms with Crippen LogP contribution in [0.4, 0.5) is 0 Å². The van der Waals surface area contributed by atoms with Crippen molar-refractivity contribution in [2.75, 3.05) is 0 Å². The van der Waals surface area contributed by atoms with Crippen molar-refractivity contribution in [1.29, 1.82) is 0 Å². The lowest BCUT2D eigenvalue weighted by atomic mass is 9.89. The molecule has 3 aliphatic rings. The molecule has 7 aromatic rings. The van der Waals surface area contributed by atoms with Gasteiger partial charge in [0.05, 0.1) is 23.5 Å². The van der Waals surface area contributed by atoms with Crippen LogP contribution in [0.5, 0.6) is 0 Å². The van der Waals surface area contributed by atoms with Crippen LogP contribution in [0.1, 0.15) is 51.0 Å². The van der Waals surface area contributed by atoms with Crippen LogP contribution < -0.4 is 10.6 Å². The summed E-state index contributed by atoms with van der Waals surface area (Å²) in [5, 5.41) is 8.73. The van der Waals surface area contributed by atoms with Gasteiger partial charge in [0.2, 0.25) is 0 Å². The SMILES string of the molecule is c1ccc(-c2nc3n(c2-c2ccccc2)C2(NC(c4ccccc4)C(c4ccccc4)N2)c2cc4ccc2CCc2ccc(cc2-3)CC4)cc1. The molecule has 242 valence electrons. The van der Waals surface area contributed by atoms with E-state index in [0.29, 0.717) is 0 Å². The number of aryl methyl sites for hydroxylation is 4. The van der Waals surface area contributed by atoms with Gasteiger partial charge in [-0.3, -0.25) is 15.2 Å². The Morgan fingerprint density at radius 1 is 0.520 bits per heavy atom. The van der Waals surface area contributed by atoms with E-state index >= 15 is 0 Å². The Morgan fingerprint density at radius 3 is 1.66 bits per heavy atom. The molecule has 4 heteroatoms. The first-order chi connectivity index (χ1) is 24.7. The average Bonchev–Trinajstić information content (AvgIpc) is 3.79. The van der Waals surface area contributed by atoms with Crippen LogP contribution in [0, 0.1) is 0 Å². The topological polar surface area (TPSA) is 41.9 Å². The molecule has 1 aromatic heterocycles. The molecule has 0 amide bonds. The van der Waals surface area contributed by atoms with E-state index in [9.17, 15) is 0 Å². The van der Waals surface area contributed by atoms with Gasteiger partial charge in [0.1, 0.15) is 5.82 Å². The van der Waals surface area contributed by atoms with Gasteiger partial charge in [-0.2, -0.15) is 0 Å². The van der Waals surface area contributed by atoms with E-state index in [1.807, 2.05) is 0 Å². The maximum atomic E-state index is 5.74. The zero-order valence-electron chi connectivity index (χ0n) is 27.9. The molecule has 6 aromatic carbocycles. The predicted molar refractivity (Wildman–Crippen MR) is 202 cm³/mol. The van der Waals surface area contributed by atoms with Gasteiger partial charge in [-0.15, -0.1) is 0 Å². The molecule has 4 nitrogen and oxygen atoms in total. The van der Waals surface area contributed by atoms with E-state index in [2.05, 4.69) is 173 Å². The molecule has 4 heterocycles. The Morgan fingerprint density at radius 2 is 1.04 bits per heavy atom. The van der Waals surface area contributed by atoms with Crippen LogP contribution in [-0.2, 0) is 31.5 Å². The molecular formula is C46H38N4. The summed E-state index contributed by atoms with van der Waals surface area (Å²) in [7, 11) is 0. The minimum Gasteiger partial charge on any atom is -0.287 e.